The second kappa shape index (κ2) is 14.7. The highest BCUT2D eigenvalue weighted by atomic mass is 14.8. The highest BCUT2D eigenvalue weighted by Crippen LogP contribution is 2.55. The second-order valence-corrected chi connectivity index (χ2v) is 11.9. The largest absolute Gasteiger partial charge is 0.405 e. The van der Waals surface area contributed by atoms with Gasteiger partial charge in [-0.1, -0.05) is 158 Å². The first-order chi connectivity index (χ1) is 23.6. The number of nitrogens with zero attached hydrogens (tertiary/aromatic N) is 1. The zero-order chi connectivity index (χ0) is 33.3. The molecule has 48 heavy (non-hydrogen) atoms. The fraction of sp³-hybridized carbons (Fsp3) is 0.0889. The zero-order valence-electron chi connectivity index (χ0n) is 27.6. The maximum absolute atomic E-state index is 5.44. The normalized spacial score (nSPS) is 12.6. The Kier molecular flexibility index (Phi) is 9.78. The van der Waals surface area contributed by atoms with E-state index in [1.165, 1.54) is 44.5 Å². The number of rotatable bonds is 8. The van der Waals surface area contributed by atoms with Crippen molar-refractivity contribution in [2.45, 2.75) is 18.9 Å². The molecule has 3 heteroatoms. The van der Waals surface area contributed by atoms with Crippen molar-refractivity contribution in [3.63, 3.8) is 0 Å². The monoisotopic (exact) mass is 623 g/mol. The van der Waals surface area contributed by atoms with Gasteiger partial charge in [-0.05, 0) is 80.4 Å². The summed E-state index contributed by atoms with van der Waals surface area (Å²) in [5.41, 5.74) is 19.7. The van der Waals surface area contributed by atoms with E-state index in [9.17, 15) is 0 Å². The summed E-state index contributed by atoms with van der Waals surface area (Å²) < 4.78 is 0. The van der Waals surface area contributed by atoms with Gasteiger partial charge in [0.25, 0.3) is 0 Å². The molecule has 6 aromatic rings. The molecule has 7 rings (SSSR count). The number of benzene rings is 6. The Morgan fingerprint density at radius 2 is 1.21 bits per heavy atom. The van der Waals surface area contributed by atoms with Crippen molar-refractivity contribution in [3.8, 4) is 11.1 Å². The van der Waals surface area contributed by atoms with Gasteiger partial charge in [-0.15, -0.1) is 0 Å². The van der Waals surface area contributed by atoms with Gasteiger partial charge in [0.1, 0.15) is 0 Å². The van der Waals surface area contributed by atoms with Gasteiger partial charge in [0.05, 0.1) is 12.0 Å². The maximum Gasteiger partial charge on any atom is 0.0713 e. The lowest BCUT2D eigenvalue weighted by Crippen LogP contribution is -2.28. The van der Waals surface area contributed by atoms with E-state index in [-0.39, 0.29) is 5.41 Å². The molecule has 0 aromatic heterocycles. The van der Waals surface area contributed by atoms with E-state index >= 15 is 0 Å². The van der Waals surface area contributed by atoms with Crippen molar-refractivity contribution >= 4 is 18.0 Å². The van der Waals surface area contributed by atoms with Crippen LogP contribution in [0.4, 0.5) is 0 Å². The van der Waals surface area contributed by atoms with Gasteiger partial charge in [0.2, 0.25) is 0 Å². The van der Waals surface area contributed by atoms with E-state index in [4.69, 9.17) is 5.73 Å². The van der Waals surface area contributed by atoms with Gasteiger partial charge in [-0.25, -0.2) is 0 Å². The molecule has 0 heterocycles. The minimum atomic E-state index is -0.325. The first kappa shape index (κ1) is 32.0. The molecule has 0 amide bonds. The molecular weight excluding hydrogens is 583 g/mol. The molecule has 0 atom stereocenters. The molecule has 0 spiro atoms. The highest BCUT2D eigenvalue weighted by Gasteiger charge is 2.45. The Morgan fingerprint density at radius 1 is 0.667 bits per heavy atom. The van der Waals surface area contributed by atoms with Crippen LogP contribution < -0.4 is 11.1 Å². The van der Waals surface area contributed by atoms with E-state index in [1.54, 1.807) is 6.20 Å². The van der Waals surface area contributed by atoms with Crippen LogP contribution in [0, 0.1) is 6.92 Å². The van der Waals surface area contributed by atoms with E-state index in [1.807, 2.05) is 49.7 Å². The Labute approximate surface area is 284 Å². The first-order valence-electron chi connectivity index (χ1n) is 16.3. The summed E-state index contributed by atoms with van der Waals surface area (Å²) >= 11 is 0. The van der Waals surface area contributed by atoms with Gasteiger partial charge in [0, 0.05) is 19.0 Å². The zero-order valence-corrected chi connectivity index (χ0v) is 27.6. The Hall–Kier alpha value is -5.93. The topological polar surface area (TPSA) is 50.4 Å². The molecule has 0 unspecified atom stereocenters. The summed E-state index contributed by atoms with van der Waals surface area (Å²) in [6.07, 6.45) is 5.40. The van der Waals surface area contributed by atoms with E-state index < -0.39 is 0 Å². The van der Waals surface area contributed by atoms with Crippen LogP contribution in [-0.2, 0) is 12.0 Å². The lowest BCUT2D eigenvalue weighted by molar-refractivity contribution is 0.768. The van der Waals surface area contributed by atoms with Crippen molar-refractivity contribution in [1.29, 1.82) is 0 Å². The molecule has 1 aliphatic rings. The minimum absolute atomic E-state index is 0.325. The van der Waals surface area contributed by atoms with Crippen molar-refractivity contribution in [1.82, 2.24) is 5.32 Å². The molecule has 0 bridgehead atoms. The lowest BCUT2D eigenvalue weighted by atomic mass is 9.67. The van der Waals surface area contributed by atoms with Crippen molar-refractivity contribution in [2.75, 3.05) is 7.05 Å². The number of fused-ring (bicyclic) bond motifs is 3. The molecule has 3 nitrogen and oxygen atoms in total. The Morgan fingerprint density at radius 3 is 1.81 bits per heavy atom. The van der Waals surface area contributed by atoms with Crippen LogP contribution in [0.15, 0.2) is 169 Å². The Balaban J connectivity index is 0.000000184. The van der Waals surface area contributed by atoms with Crippen LogP contribution in [0.3, 0.4) is 0 Å². The standard InChI is InChI=1S/C28H23N.C17H18N2/c1-20(29-2)21-16-18-23(19-17-21)28(22-10-4-3-5-11-22)26-14-8-6-12-24(26)25-13-7-9-15-27(25)28;1-14-16(10-11-18)8-5-9-17(14)13-19-12-15-6-3-2-4-7-15/h3-19,29H,1H2,2H3;2-11,13H,12,18H2,1H3/b;11-10-,19-13?. The van der Waals surface area contributed by atoms with Crippen LogP contribution in [0.5, 0.6) is 0 Å². The average molecular weight is 624 g/mol. The molecule has 0 saturated heterocycles. The van der Waals surface area contributed by atoms with Crippen LogP contribution in [0.25, 0.3) is 22.9 Å². The smallest absolute Gasteiger partial charge is 0.0713 e. The van der Waals surface area contributed by atoms with Gasteiger partial charge < -0.3 is 11.1 Å². The van der Waals surface area contributed by atoms with E-state index in [0.29, 0.717) is 6.54 Å². The summed E-state index contributed by atoms with van der Waals surface area (Å²) in [4.78, 5) is 4.49. The fourth-order valence-corrected chi connectivity index (χ4v) is 6.71. The SMILES string of the molecule is C=C(NC)c1ccc(C2(c3ccccc3)c3ccccc3-c3ccccc32)cc1.Cc1c(C=NCc2ccccc2)cccc1/C=C\N. The van der Waals surface area contributed by atoms with Gasteiger partial charge in [0.15, 0.2) is 0 Å². The molecule has 0 aliphatic heterocycles. The van der Waals surface area contributed by atoms with E-state index in [2.05, 4.69) is 145 Å². The summed E-state index contributed by atoms with van der Waals surface area (Å²) in [6, 6.07) is 53.7. The summed E-state index contributed by atoms with van der Waals surface area (Å²) in [7, 11) is 1.91. The van der Waals surface area contributed by atoms with Crippen LogP contribution in [-0.4, -0.2) is 13.3 Å². The van der Waals surface area contributed by atoms with E-state index in [0.717, 1.165) is 22.4 Å². The number of nitrogens with two attached hydrogens (primary N) is 1. The second-order valence-electron chi connectivity index (χ2n) is 11.9. The van der Waals surface area contributed by atoms with Crippen molar-refractivity contribution in [2.24, 2.45) is 10.7 Å². The van der Waals surface area contributed by atoms with Crippen LogP contribution in [0.2, 0.25) is 0 Å². The van der Waals surface area contributed by atoms with Gasteiger partial charge in [-0.3, -0.25) is 4.99 Å². The highest BCUT2D eigenvalue weighted by molar-refractivity contribution is 5.86. The fourth-order valence-electron chi connectivity index (χ4n) is 6.71. The van der Waals surface area contributed by atoms with Crippen molar-refractivity contribution in [3.05, 3.63) is 215 Å². The van der Waals surface area contributed by atoms with Gasteiger partial charge >= 0.3 is 0 Å². The third-order valence-electron chi connectivity index (χ3n) is 9.17. The average Bonchev–Trinajstić information content (AvgIpc) is 3.45. The molecule has 0 fully saturated rings. The molecule has 1 aliphatic carbocycles. The van der Waals surface area contributed by atoms with Crippen LogP contribution >= 0.6 is 0 Å². The minimum Gasteiger partial charge on any atom is -0.405 e. The molecule has 3 N–H and O–H groups in total. The van der Waals surface area contributed by atoms with Crippen LogP contribution in [0.1, 0.15) is 50.1 Å². The molecule has 0 radical (unpaired) electrons. The van der Waals surface area contributed by atoms with Crippen molar-refractivity contribution < 1.29 is 0 Å². The molecule has 6 aromatic carbocycles. The number of hydrogen-bond donors (Lipinski definition) is 2. The summed E-state index contributed by atoms with van der Waals surface area (Å²) in [5, 5.41) is 3.15. The Bertz CT molecular complexity index is 2010. The third kappa shape index (κ3) is 6.23. The maximum atomic E-state index is 5.44. The summed E-state index contributed by atoms with van der Waals surface area (Å²) in [6.45, 7) is 6.90. The molecule has 0 saturated carbocycles. The van der Waals surface area contributed by atoms with Gasteiger partial charge in [-0.2, -0.15) is 0 Å². The number of aliphatic imine (C=N–C) groups is 1. The first-order valence-corrected chi connectivity index (χ1v) is 16.3. The number of nitrogens with one attached hydrogen (secondary N) is 1. The number of hydrogen-bond acceptors (Lipinski definition) is 3. The summed E-state index contributed by atoms with van der Waals surface area (Å²) in [5.74, 6) is 0. The lowest BCUT2D eigenvalue weighted by Gasteiger charge is -2.34. The predicted molar refractivity (Wildman–Crippen MR) is 204 cm³/mol. The third-order valence-corrected chi connectivity index (χ3v) is 9.17. The molecular formula is C45H41N3. The molecule has 236 valence electrons. The quantitative estimate of drug-likeness (QED) is 0.166. The predicted octanol–water partition coefficient (Wildman–Crippen LogP) is 9.78.